The van der Waals surface area contributed by atoms with Crippen LogP contribution < -0.4 is 4.74 Å². The Kier molecular flexibility index (Phi) is 4.32. The number of aromatic amines is 1. The highest BCUT2D eigenvalue weighted by Crippen LogP contribution is 2.19. The van der Waals surface area contributed by atoms with Crippen LogP contribution in [0.25, 0.3) is 0 Å². The number of hydrogen-bond acceptors (Lipinski definition) is 4. The average Bonchev–Trinajstić information content (AvgIpc) is 3.03. The zero-order valence-electron chi connectivity index (χ0n) is 12.0. The number of halogens is 1. The molecule has 116 valence electrons. The standard InChI is InChI=1S/C15H17FN4O2/c16-13-4-1-6-17-15(13)22-12-3-2-8-20(10-12)14(21)9-11-5-7-18-19-11/h1,4-7,12H,2-3,8-10H2,(H,18,19)/t12-/m1/s1. The molecule has 0 bridgehead atoms. The highest BCUT2D eigenvalue weighted by molar-refractivity contribution is 5.78. The Balaban J connectivity index is 1.59. The first kappa shape index (κ1) is 14.5. The summed E-state index contributed by atoms with van der Waals surface area (Å²) in [5, 5.41) is 6.61. The second-order valence-electron chi connectivity index (χ2n) is 5.27. The summed E-state index contributed by atoms with van der Waals surface area (Å²) in [6.45, 7) is 1.14. The number of H-pyrrole nitrogens is 1. The normalized spacial score (nSPS) is 18.2. The number of rotatable bonds is 4. The summed E-state index contributed by atoms with van der Waals surface area (Å²) in [6.07, 6.45) is 4.77. The van der Waals surface area contributed by atoms with Crippen molar-refractivity contribution in [2.24, 2.45) is 0 Å². The molecule has 7 heteroatoms. The average molecular weight is 304 g/mol. The first-order valence-electron chi connectivity index (χ1n) is 7.25. The molecule has 0 radical (unpaired) electrons. The molecular formula is C15H17FN4O2. The van der Waals surface area contributed by atoms with Gasteiger partial charge < -0.3 is 9.64 Å². The molecule has 1 aliphatic heterocycles. The monoisotopic (exact) mass is 304 g/mol. The van der Waals surface area contributed by atoms with Crippen molar-refractivity contribution < 1.29 is 13.9 Å². The largest absolute Gasteiger partial charge is 0.470 e. The predicted octanol–water partition coefficient (Wildman–Crippen LogP) is 1.56. The van der Waals surface area contributed by atoms with Crippen LogP contribution in [-0.2, 0) is 11.2 Å². The number of hydrogen-bond donors (Lipinski definition) is 1. The number of nitrogens with one attached hydrogen (secondary N) is 1. The van der Waals surface area contributed by atoms with Crippen molar-refractivity contribution >= 4 is 5.91 Å². The van der Waals surface area contributed by atoms with E-state index in [2.05, 4.69) is 15.2 Å². The fraction of sp³-hybridized carbons (Fsp3) is 0.400. The zero-order chi connectivity index (χ0) is 15.4. The Bertz CT molecular complexity index is 632. The zero-order valence-corrected chi connectivity index (χ0v) is 12.0. The van der Waals surface area contributed by atoms with Crippen molar-refractivity contribution in [3.63, 3.8) is 0 Å². The minimum Gasteiger partial charge on any atom is -0.470 e. The van der Waals surface area contributed by atoms with Gasteiger partial charge in [0.05, 0.1) is 13.0 Å². The summed E-state index contributed by atoms with van der Waals surface area (Å²) in [7, 11) is 0. The number of aromatic nitrogens is 3. The van der Waals surface area contributed by atoms with Gasteiger partial charge >= 0.3 is 0 Å². The molecule has 1 atom stereocenters. The molecule has 0 aliphatic carbocycles. The molecule has 1 fully saturated rings. The van der Waals surface area contributed by atoms with Gasteiger partial charge in [-0.15, -0.1) is 0 Å². The molecule has 1 amide bonds. The molecule has 2 aromatic rings. The molecule has 1 saturated heterocycles. The van der Waals surface area contributed by atoms with Crippen LogP contribution in [0.4, 0.5) is 4.39 Å². The summed E-state index contributed by atoms with van der Waals surface area (Å²) in [4.78, 5) is 17.9. The van der Waals surface area contributed by atoms with E-state index in [4.69, 9.17) is 4.74 Å². The van der Waals surface area contributed by atoms with Gasteiger partial charge in [-0.25, -0.2) is 9.37 Å². The van der Waals surface area contributed by atoms with E-state index in [1.165, 1.54) is 18.3 Å². The van der Waals surface area contributed by atoms with Crippen molar-refractivity contribution in [3.8, 4) is 5.88 Å². The number of carbonyl (C=O) groups excluding carboxylic acids is 1. The van der Waals surface area contributed by atoms with E-state index in [0.717, 1.165) is 18.5 Å². The van der Waals surface area contributed by atoms with E-state index in [-0.39, 0.29) is 24.3 Å². The van der Waals surface area contributed by atoms with Crippen LogP contribution in [0.5, 0.6) is 5.88 Å². The van der Waals surface area contributed by atoms with E-state index in [1.807, 2.05) is 0 Å². The van der Waals surface area contributed by atoms with Crippen LogP contribution in [0.15, 0.2) is 30.6 Å². The second kappa shape index (κ2) is 6.55. The third-order valence-electron chi connectivity index (χ3n) is 3.63. The molecule has 2 aromatic heterocycles. The number of carbonyl (C=O) groups is 1. The fourth-order valence-corrected chi connectivity index (χ4v) is 2.53. The summed E-state index contributed by atoms with van der Waals surface area (Å²) < 4.78 is 19.2. The molecular weight excluding hydrogens is 287 g/mol. The van der Waals surface area contributed by atoms with Crippen LogP contribution >= 0.6 is 0 Å². The summed E-state index contributed by atoms with van der Waals surface area (Å²) in [5.74, 6) is -0.474. The summed E-state index contributed by atoms with van der Waals surface area (Å²) in [6, 6.07) is 4.61. The van der Waals surface area contributed by atoms with Gasteiger partial charge in [-0.05, 0) is 31.0 Å². The minimum absolute atomic E-state index is 0.00429. The number of amides is 1. The van der Waals surface area contributed by atoms with Crippen molar-refractivity contribution in [3.05, 3.63) is 42.1 Å². The first-order valence-corrected chi connectivity index (χ1v) is 7.25. The smallest absolute Gasteiger partial charge is 0.250 e. The van der Waals surface area contributed by atoms with Crippen molar-refractivity contribution in [2.45, 2.75) is 25.4 Å². The van der Waals surface area contributed by atoms with Gasteiger partial charge in [-0.2, -0.15) is 5.10 Å². The number of pyridine rings is 1. The first-order chi connectivity index (χ1) is 10.7. The van der Waals surface area contributed by atoms with Crippen molar-refractivity contribution in [2.75, 3.05) is 13.1 Å². The maximum atomic E-state index is 13.6. The summed E-state index contributed by atoms with van der Waals surface area (Å²) >= 11 is 0. The molecule has 0 saturated carbocycles. The molecule has 1 aliphatic rings. The maximum absolute atomic E-state index is 13.6. The lowest BCUT2D eigenvalue weighted by Gasteiger charge is -2.32. The second-order valence-corrected chi connectivity index (χ2v) is 5.27. The minimum atomic E-state index is -0.483. The van der Waals surface area contributed by atoms with Gasteiger partial charge in [-0.1, -0.05) is 0 Å². The molecule has 0 aromatic carbocycles. The third-order valence-corrected chi connectivity index (χ3v) is 3.63. The lowest BCUT2D eigenvalue weighted by atomic mass is 10.1. The molecule has 22 heavy (non-hydrogen) atoms. The van der Waals surface area contributed by atoms with Crippen LogP contribution in [-0.4, -0.2) is 45.2 Å². The lowest BCUT2D eigenvalue weighted by Crippen LogP contribution is -2.45. The number of ether oxygens (including phenoxy) is 1. The predicted molar refractivity (Wildman–Crippen MR) is 76.7 cm³/mol. The number of piperidine rings is 1. The van der Waals surface area contributed by atoms with Crippen LogP contribution in [0, 0.1) is 5.82 Å². The van der Waals surface area contributed by atoms with Crippen molar-refractivity contribution in [1.82, 2.24) is 20.1 Å². The highest BCUT2D eigenvalue weighted by atomic mass is 19.1. The molecule has 0 spiro atoms. The Morgan fingerprint density at radius 2 is 2.36 bits per heavy atom. The molecule has 0 unspecified atom stereocenters. The Labute approximate surface area is 127 Å². The third kappa shape index (κ3) is 3.41. The van der Waals surface area contributed by atoms with Gasteiger partial charge in [0.2, 0.25) is 5.91 Å². The van der Waals surface area contributed by atoms with Crippen LogP contribution in [0.1, 0.15) is 18.5 Å². The lowest BCUT2D eigenvalue weighted by molar-refractivity contribution is -0.133. The molecule has 3 rings (SSSR count). The quantitative estimate of drug-likeness (QED) is 0.930. The van der Waals surface area contributed by atoms with Gasteiger partial charge in [0.25, 0.3) is 5.88 Å². The number of nitrogens with zero attached hydrogens (tertiary/aromatic N) is 3. The van der Waals surface area contributed by atoms with Crippen LogP contribution in [0.3, 0.4) is 0 Å². The maximum Gasteiger partial charge on any atom is 0.250 e. The summed E-state index contributed by atoms with van der Waals surface area (Å²) in [5.41, 5.74) is 0.781. The van der Waals surface area contributed by atoms with E-state index in [0.29, 0.717) is 13.1 Å². The molecule has 3 heterocycles. The SMILES string of the molecule is O=C(Cc1ccn[nH]1)N1CCC[C@@H](Oc2ncccc2F)C1. The topological polar surface area (TPSA) is 71.1 Å². The fourth-order valence-electron chi connectivity index (χ4n) is 2.53. The van der Waals surface area contributed by atoms with Gasteiger partial charge in [0, 0.05) is 24.6 Å². The molecule has 1 N–H and O–H groups in total. The Morgan fingerprint density at radius 1 is 1.45 bits per heavy atom. The van der Waals surface area contributed by atoms with Gasteiger partial charge in [-0.3, -0.25) is 9.89 Å². The van der Waals surface area contributed by atoms with E-state index in [1.54, 1.807) is 17.2 Å². The Hall–Kier alpha value is -2.44. The van der Waals surface area contributed by atoms with E-state index in [9.17, 15) is 9.18 Å². The number of likely N-dealkylation sites (tertiary alicyclic amines) is 1. The highest BCUT2D eigenvalue weighted by Gasteiger charge is 2.26. The van der Waals surface area contributed by atoms with Crippen LogP contribution in [0.2, 0.25) is 0 Å². The van der Waals surface area contributed by atoms with Gasteiger partial charge in [0.15, 0.2) is 5.82 Å². The Morgan fingerprint density at radius 3 is 3.14 bits per heavy atom. The van der Waals surface area contributed by atoms with Gasteiger partial charge in [0.1, 0.15) is 6.10 Å². The van der Waals surface area contributed by atoms with Crippen molar-refractivity contribution in [1.29, 1.82) is 0 Å². The molecule has 6 nitrogen and oxygen atoms in total. The van der Waals surface area contributed by atoms with E-state index >= 15 is 0 Å². The van der Waals surface area contributed by atoms with E-state index < -0.39 is 5.82 Å².